The number of carbonyl (C=O) groups excluding carboxylic acids is 1. The number of nitrogens with one attached hydrogen (secondary N) is 1. The van der Waals surface area contributed by atoms with Crippen molar-refractivity contribution in [1.82, 2.24) is 10.3 Å². The molecule has 1 unspecified atom stereocenters. The lowest BCUT2D eigenvalue weighted by molar-refractivity contribution is -0.126. The van der Waals surface area contributed by atoms with E-state index in [4.69, 9.17) is 5.73 Å². The van der Waals surface area contributed by atoms with Crippen LogP contribution < -0.4 is 11.1 Å². The average Bonchev–Trinajstić information content (AvgIpc) is 3.00. The van der Waals surface area contributed by atoms with Crippen molar-refractivity contribution < 1.29 is 4.79 Å². The normalized spacial score (nSPS) is 19.2. The topological polar surface area (TPSA) is 68.0 Å². The maximum absolute atomic E-state index is 11.9. The van der Waals surface area contributed by atoms with Gasteiger partial charge in [0, 0.05) is 11.1 Å². The first kappa shape index (κ1) is 11.5. The summed E-state index contributed by atoms with van der Waals surface area (Å²) in [5.74, 6) is 0.286. The summed E-state index contributed by atoms with van der Waals surface area (Å²) in [5, 5.41) is 3.79. The van der Waals surface area contributed by atoms with Crippen LogP contribution in [0.25, 0.3) is 0 Å². The average molecular weight is 239 g/mol. The molecular formula is C11H17N3OS. The fourth-order valence-electron chi connectivity index (χ4n) is 1.70. The summed E-state index contributed by atoms with van der Waals surface area (Å²) in [6, 6.07) is 0. The summed E-state index contributed by atoms with van der Waals surface area (Å²) in [6.45, 7) is 4.30. The van der Waals surface area contributed by atoms with Crippen LogP contribution in [0.3, 0.4) is 0 Å². The second kappa shape index (κ2) is 4.14. The molecule has 5 heteroatoms. The number of amides is 1. The Morgan fingerprint density at radius 1 is 1.75 bits per heavy atom. The smallest absolute Gasteiger partial charge is 0.240 e. The van der Waals surface area contributed by atoms with E-state index in [1.165, 1.54) is 0 Å². The monoisotopic (exact) mass is 239 g/mol. The van der Waals surface area contributed by atoms with Crippen LogP contribution in [-0.2, 0) is 11.3 Å². The summed E-state index contributed by atoms with van der Waals surface area (Å²) in [5.41, 5.74) is 5.29. The second-order valence-corrected chi connectivity index (χ2v) is 5.92. The molecule has 16 heavy (non-hydrogen) atoms. The zero-order valence-electron chi connectivity index (χ0n) is 9.62. The van der Waals surface area contributed by atoms with Crippen molar-refractivity contribution in [3.05, 3.63) is 16.1 Å². The minimum absolute atomic E-state index is 0.0668. The van der Waals surface area contributed by atoms with Crippen molar-refractivity contribution in [2.75, 3.05) is 0 Å². The Kier molecular flexibility index (Phi) is 2.99. The van der Waals surface area contributed by atoms with Gasteiger partial charge in [0.05, 0.1) is 12.1 Å². The molecule has 1 aliphatic rings. The van der Waals surface area contributed by atoms with E-state index >= 15 is 0 Å². The molecule has 1 atom stereocenters. The molecule has 1 amide bonds. The second-order valence-electron chi connectivity index (χ2n) is 4.60. The third-order valence-corrected chi connectivity index (χ3v) is 3.90. The Hall–Kier alpha value is -0.940. The quantitative estimate of drug-likeness (QED) is 0.829. The molecule has 4 nitrogen and oxygen atoms in total. The van der Waals surface area contributed by atoms with Gasteiger partial charge in [-0.25, -0.2) is 4.98 Å². The van der Waals surface area contributed by atoms with Crippen LogP contribution in [0.1, 0.15) is 29.7 Å². The Morgan fingerprint density at radius 2 is 2.44 bits per heavy atom. The highest BCUT2D eigenvalue weighted by Crippen LogP contribution is 2.38. The van der Waals surface area contributed by atoms with Crippen LogP contribution in [0.15, 0.2) is 6.20 Å². The predicted molar refractivity (Wildman–Crippen MR) is 64.0 cm³/mol. The summed E-state index contributed by atoms with van der Waals surface area (Å²) in [6.07, 6.45) is 3.95. The first-order valence-corrected chi connectivity index (χ1v) is 6.30. The van der Waals surface area contributed by atoms with Gasteiger partial charge in [-0.15, -0.1) is 11.3 Å². The number of hydrogen-bond acceptors (Lipinski definition) is 4. The van der Waals surface area contributed by atoms with Gasteiger partial charge in [0.2, 0.25) is 5.91 Å². The molecule has 1 saturated carbocycles. The largest absolute Gasteiger partial charge is 0.348 e. The van der Waals surface area contributed by atoms with Gasteiger partial charge in [-0.2, -0.15) is 0 Å². The van der Waals surface area contributed by atoms with E-state index in [0.717, 1.165) is 22.7 Å². The van der Waals surface area contributed by atoms with Crippen molar-refractivity contribution >= 4 is 17.2 Å². The van der Waals surface area contributed by atoms with Crippen LogP contribution in [0.4, 0.5) is 0 Å². The molecule has 1 heterocycles. The molecule has 1 aromatic rings. The van der Waals surface area contributed by atoms with E-state index in [1.807, 2.05) is 20.0 Å². The molecule has 1 fully saturated rings. The molecule has 0 saturated heterocycles. The van der Waals surface area contributed by atoms with Crippen LogP contribution in [-0.4, -0.2) is 16.4 Å². The van der Waals surface area contributed by atoms with E-state index in [-0.39, 0.29) is 5.91 Å². The molecule has 1 aromatic heterocycles. The van der Waals surface area contributed by atoms with Gasteiger partial charge in [-0.05, 0) is 32.6 Å². The van der Waals surface area contributed by atoms with E-state index in [0.29, 0.717) is 12.5 Å². The molecule has 0 aliphatic heterocycles. The Morgan fingerprint density at radius 3 is 2.94 bits per heavy atom. The van der Waals surface area contributed by atoms with E-state index in [9.17, 15) is 4.79 Å². The first-order chi connectivity index (χ1) is 7.50. The Balaban J connectivity index is 1.88. The molecule has 0 spiro atoms. The van der Waals surface area contributed by atoms with E-state index in [1.54, 1.807) is 11.3 Å². The van der Waals surface area contributed by atoms with Crippen LogP contribution >= 0.6 is 11.3 Å². The number of aryl methyl sites for hydroxylation is 1. The number of nitrogens with two attached hydrogens (primary N) is 1. The summed E-state index contributed by atoms with van der Waals surface area (Å²) in [4.78, 5) is 17.2. The fourth-order valence-corrected chi connectivity index (χ4v) is 2.42. The highest BCUT2D eigenvalue weighted by Gasteiger charge is 2.43. The van der Waals surface area contributed by atoms with Gasteiger partial charge in [0.1, 0.15) is 5.01 Å². The highest BCUT2D eigenvalue weighted by atomic mass is 32.1. The molecule has 3 N–H and O–H groups in total. The summed E-state index contributed by atoms with van der Waals surface area (Å²) in [7, 11) is 0. The lowest BCUT2D eigenvalue weighted by Crippen LogP contribution is -2.53. The minimum Gasteiger partial charge on any atom is -0.348 e. The van der Waals surface area contributed by atoms with Crippen molar-refractivity contribution in [3.8, 4) is 0 Å². The fraction of sp³-hybridized carbons (Fsp3) is 0.636. The van der Waals surface area contributed by atoms with Gasteiger partial charge in [0.25, 0.3) is 0 Å². The first-order valence-electron chi connectivity index (χ1n) is 5.48. The zero-order valence-corrected chi connectivity index (χ0v) is 10.4. The van der Waals surface area contributed by atoms with Crippen LogP contribution in [0.2, 0.25) is 0 Å². The van der Waals surface area contributed by atoms with E-state index in [2.05, 4.69) is 10.3 Å². The van der Waals surface area contributed by atoms with Gasteiger partial charge in [-0.3, -0.25) is 4.79 Å². The predicted octanol–water partition coefficient (Wildman–Crippen LogP) is 1.20. The van der Waals surface area contributed by atoms with Gasteiger partial charge in [-0.1, -0.05) is 0 Å². The minimum atomic E-state index is -0.716. The molecule has 0 aromatic carbocycles. The number of carbonyl (C=O) groups is 1. The lowest BCUT2D eigenvalue weighted by atomic mass is 9.96. The number of aromatic nitrogens is 1. The van der Waals surface area contributed by atoms with Crippen LogP contribution in [0, 0.1) is 12.8 Å². The molecule has 2 rings (SSSR count). The maximum atomic E-state index is 11.9. The molecule has 1 aliphatic carbocycles. The third-order valence-electron chi connectivity index (χ3n) is 2.98. The molecule has 88 valence electrons. The SMILES string of the molecule is Cc1cnc(CNC(=O)C(C)(N)C2CC2)s1. The third kappa shape index (κ3) is 2.41. The number of thiazole rings is 1. The molecular weight excluding hydrogens is 222 g/mol. The number of nitrogens with zero attached hydrogens (tertiary/aromatic N) is 1. The summed E-state index contributed by atoms with van der Waals surface area (Å²) < 4.78 is 0. The molecule has 0 bridgehead atoms. The molecule has 0 radical (unpaired) electrons. The lowest BCUT2D eigenvalue weighted by Gasteiger charge is -2.22. The van der Waals surface area contributed by atoms with Gasteiger partial charge < -0.3 is 11.1 Å². The van der Waals surface area contributed by atoms with Crippen LogP contribution in [0.5, 0.6) is 0 Å². The highest BCUT2D eigenvalue weighted by molar-refractivity contribution is 7.11. The van der Waals surface area contributed by atoms with Gasteiger partial charge in [0.15, 0.2) is 0 Å². The van der Waals surface area contributed by atoms with Gasteiger partial charge >= 0.3 is 0 Å². The van der Waals surface area contributed by atoms with Crippen molar-refractivity contribution in [2.45, 2.75) is 38.8 Å². The Bertz CT molecular complexity index is 396. The van der Waals surface area contributed by atoms with Crippen molar-refractivity contribution in [1.29, 1.82) is 0 Å². The van der Waals surface area contributed by atoms with E-state index < -0.39 is 5.54 Å². The number of hydrogen-bond donors (Lipinski definition) is 2. The number of rotatable bonds is 4. The van der Waals surface area contributed by atoms with Crippen molar-refractivity contribution in [3.63, 3.8) is 0 Å². The van der Waals surface area contributed by atoms with Crippen molar-refractivity contribution in [2.24, 2.45) is 11.7 Å². The standard InChI is InChI=1S/C11H17N3OS/c1-7-5-13-9(16-7)6-14-10(15)11(2,12)8-3-4-8/h5,8H,3-4,6,12H2,1-2H3,(H,14,15). The zero-order chi connectivity index (χ0) is 11.8. The Labute approximate surface area is 99.3 Å². The maximum Gasteiger partial charge on any atom is 0.240 e. The summed E-state index contributed by atoms with van der Waals surface area (Å²) >= 11 is 1.60.